The fourth-order valence-corrected chi connectivity index (χ4v) is 6.77. The van der Waals surface area contributed by atoms with Crippen LogP contribution in [0.15, 0.2) is 30.4 Å². The average molecular weight is 429 g/mol. The summed E-state index contributed by atoms with van der Waals surface area (Å²) in [5.74, 6) is 4.50. The van der Waals surface area contributed by atoms with Gasteiger partial charge in [-0.1, -0.05) is 18.2 Å². The lowest BCUT2D eigenvalue weighted by Crippen LogP contribution is -2.36. The van der Waals surface area contributed by atoms with E-state index in [4.69, 9.17) is 9.47 Å². The molecule has 3 saturated carbocycles. The summed E-state index contributed by atoms with van der Waals surface area (Å²) < 4.78 is 26.3. The van der Waals surface area contributed by atoms with Gasteiger partial charge in [0.2, 0.25) is 0 Å². The summed E-state index contributed by atoms with van der Waals surface area (Å²) in [7, 11) is 0. The van der Waals surface area contributed by atoms with Crippen LogP contribution in [0.25, 0.3) is 0 Å². The highest BCUT2D eigenvalue weighted by atomic mass is 19.1. The molecule has 1 aromatic carbocycles. The molecule has 0 aliphatic heterocycles. The molecule has 0 aromatic heterocycles. The number of ether oxygens (including phenoxy) is 2. The van der Waals surface area contributed by atoms with Crippen LogP contribution in [0.3, 0.4) is 0 Å². The van der Waals surface area contributed by atoms with Crippen LogP contribution in [-0.4, -0.2) is 19.3 Å². The number of hydrogen-bond donors (Lipinski definition) is 0. The minimum absolute atomic E-state index is 0.0898. The fourth-order valence-electron chi connectivity index (χ4n) is 6.77. The van der Waals surface area contributed by atoms with E-state index in [1.165, 1.54) is 51.4 Å². The first-order valence-corrected chi connectivity index (χ1v) is 12.8. The van der Waals surface area contributed by atoms with Gasteiger partial charge in [-0.15, -0.1) is 0 Å². The fraction of sp³-hybridized carbons (Fsp3) is 0.714. The molecule has 0 bridgehead atoms. The van der Waals surface area contributed by atoms with Gasteiger partial charge in [0.1, 0.15) is 18.2 Å². The van der Waals surface area contributed by atoms with E-state index in [9.17, 15) is 4.39 Å². The first-order chi connectivity index (χ1) is 15.2. The number of allylic oxidation sites excluding steroid dienone is 1. The molecular formula is C28H41FO2. The number of halogens is 1. The Labute approximate surface area is 188 Å². The van der Waals surface area contributed by atoms with Crippen LogP contribution in [0.5, 0.6) is 5.75 Å². The molecule has 0 heterocycles. The molecule has 1 aromatic rings. The van der Waals surface area contributed by atoms with Crippen molar-refractivity contribution in [3.05, 3.63) is 41.7 Å². The maximum absolute atomic E-state index is 14.8. The van der Waals surface area contributed by atoms with Gasteiger partial charge in [0.05, 0.1) is 6.10 Å². The Morgan fingerprint density at radius 3 is 2.29 bits per heavy atom. The van der Waals surface area contributed by atoms with Gasteiger partial charge in [-0.2, -0.15) is 0 Å². The molecule has 3 heteroatoms. The quantitative estimate of drug-likeness (QED) is 0.415. The van der Waals surface area contributed by atoms with Gasteiger partial charge in [0.25, 0.3) is 0 Å². The lowest BCUT2D eigenvalue weighted by Gasteiger charge is -2.45. The standard InChI is InChI=1S/C28H41FO2/c1-3-5-16-31-26-14-15-27(28(29)19-26)21-8-6-20(7-9-21)22-10-11-24-18-25(30-4-2)13-12-23(24)17-22/h3,5,14-15,19-25H,4,6-13,16-18H2,1-2H3/b5-3+. The normalized spacial score (nSPS) is 33.9. The zero-order valence-corrected chi connectivity index (χ0v) is 19.5. The molecule has 0 radical (unpaired) electrons. The van der Waals surface area contributed by atoms with Crippen molar-refractivity contribution in [1.82, 2.24) is 0 Å². The van der Waals surface area contributed by atoms with Gasteiger partial charge >= 0.3 is 0 Å². The third kappa shape index (κ3) is 5.72. The van der Waals surface area contributed by atoms with Crippen molar-refractivity contribution in [3.63, 3.8) is 0 Å². The maximum atomic E-state index is 14.8. The lowest BCUT2D eigenvalue weighted by molar-refractivity contribution is -0.0205. The zero-order valence-electron chi connectivity index (χ0n) is 19.5. The van der Waals surface area contributed by atoms with Crippen LogP contribution in [0.1, 0.15) is 89.5 Å². The lowest BCUT2D eigenvalue weighted by atomic mass is 9.62. The molecule has 31 heavy (non-hydrogen) atoms. The van der Waals surface area contributed by atoms with E-state index in [1.54, 1.807) is 6.07 Å². The molecule has 4 unspecified atom stereocenters. The number of hydrogen-bond acceptors (Lipinski definition) is 2. The van der Waals surface area contributed by atoms with E-state index in [0.717, 1.165) is 48.7 Å². The summed E-state index contributed by atoms with van der Waals surface area (Å²) >= 11 is 0. The van der Waals surface area contributed by atoms with Crippen molar-refractivity contribution < 1.29 is 13.9 Å². The van der Waals surface area contributed by atoms with Crippen molar-refractivity contribution in [2.75, 3.05) is 13.2 Å². The highest BCUT2D eigenvalue weighted by molar-refractivity contribution is 5.31. The van der Waals surface area contributed by atoms with Crippen molar-refractivity contribution in [2.24, 2.45) is 23.7 Å². The van der Waals surface area contributed by atoms with Crippen LogP contribution >= 0.6 is 0 Å². The van der Waals surface area contributed by atoms with E-state index >= 15 is 0 Å². The van der Waals surface area contributed by atoms with Crippen LogP contribution in [0.4, 0.5) is 4.39 Å². The molecule has 3 aliphatic carbocycles. The van der Waals surface area contributed by atoms with E-state index < -0.39 is 0 Å². The van der Waals surface area contributed by atoms with Crippen molar-refractivity contribution >= 4 is 0 Å². The van der Waals surface area contributed by atoms with Crippen LogP contribution < -0.4 is 4.74 Å². The third-order valence-corrected chi connectivity index (χ3v) is 8.44. The second-order valence-corrected chi connectivity index (χ2v) is 10.2. The summed E-state index contributed by atoms with van der Waals surface area (Å²) in [5.41, 5.74) is 0.898. The SMILES string of the molecule is C/C=C/COc1ccc(C2CCC(C3CCC4CC(OCC)CCC4C3)CC2)c(F)c1. The maximum Gasteiger partial charge on any atom is 0.130 e. The predicted octanol–water partition coefficient (Wildman–Crippen LogP) is 7.68. The Hall–Kier alpha value is -1.35. The summed E-state index contributed by atoms with van der Waals surface area (Å²) in [4.78, 5) is 0. The summed E-state index contributed by atoms with van der Waals surface area (Å²) in [6, 6.07) is 5.48. The largest absolute Gasteiger partial charge is 0.489 e. The average Bonchev–Trinajstić information content (AvgIpc) is 2.79. The highest BCUT2D eigenvalue weighted by Gasteiger charge is 2.39. The van der Waals surface area contributed by atoms with Gasteiger partial charge in [0.15, 0.2) is 0 Å². The molecule has 3 fully saturated rings. The first-order valence-electron chi connectivity index (χ1n) is 12.8. The van der Waals surface area contributed by atoms with Crippen LogP contribution in [0, 0.1) is 29.5 Å². The molecule has 2 nitrogen and oxygen atoms in total. The molecule has 4 rings (SSSR count). The molecule has 172 valence electrons. The monoisotopic (exact) mass is 428 g/mol. The number of rotatable bonds is 7. The van der Waals surface area contributed by atoms with Gasteiger partial charge in [-0.3, -0.25) is 0 Å². The topological polar surface area (TPSA) is 18.5 Å². The molecular weight excluding hydrogens is 387 g/mol. The Morgan fingerprint density at radius 1 is 0.903 bits per heavy atom. The molecule has 0 amide bonds. The smallest absolute Gasteiger partial charge is 0.130 e. The molecule has 3 aliphatic rings. The van der Waals surface area contributed by atoms with E-state index in [1.807, 2.05) is 31.2 Å². The van der Waals surface area contributed by atoms with Crippen molar-refractivity contribution in [1.29, 1.82) is 0 Å². The van der Waals surface area contributed by atoms with E-state index in [0.29, 0.717) is 24.4 Å². The summed E-state index contributed by atoms with van der Waals surface area (Å²) in [6.07, 6.45) is 17.4. The van der Waals surface area contributed by atoms with E-state index in [2.05, 4.69) is 6.92 Å². The van der Waals surface area contributed by atoms with E-state index in [-0.39, 0.29) is 5.82 Å². The van der Waals surface area contributed by atoms with Crippen LogP contribution in [0.2, 0.25) is 0 Å². The van der Waals surface area contributed by atoms with Gasteiger partial charge < -0.3 is 9.47 Å². The number of benzene rings is 1. The first kappa shape index (κ1) is 22.8. The Kier molecular flexibility index (Phi) is 8.09. The van der Waals surface area contributed by atoms with Crippen molar-refractivity contribution in [3.8, 4) is 5.75 Å². The predicted molar refractivity (Wildman–Crippen MR) is 125 cm³/mol. The minimum atomic E-state index is -0.0898. The molecule has 0 spiro atoms. The highest BCUT2D eigenvalue weighted by Crippen LogP contribution is 2.49. The number of fused-ring (bicyclic) bond motifs is 1. The van der Waals surface area contributed by atoms with Gasteiger partial charge in [-0.25, -0.2) is 4.39 Å². The van der Waals surface area contributed by atoms with Crippen molar-refractivity contribution in [2.45, 2.75) is 90.1 Å². The zero-order chi connectivity index (χ0) is 21.6. The second-order valence-electron chi connectivity index (χ2n) is 10.2. The second kappa shape index (κ2) is 11.0. The molecule has 4 atom stereocenters. The van der Waals surface area contributed by atoms with Gasteiger partial charge in [-0.05, 0) is 119 Å². The summed E-state index contributed by atoms with van der Waals surface area (Å²) in [6.45, 7) is 5.44. The molecule has 0 saturated heterocycles. The Balaban J connectivity index is 1.27. The Bertz CT molecular complexity index is 722. The minimum Gasteiger partial charge on any atom is -0.489 e. The summed E-state index contributed by atoms with van der Waals surface area (Å²) in [5, 5.41) is 0. The molecule has 0 N–H and O–H groups in total. The van der Waals surface area contributed by atoms with Crippen LogP contribution in [-0.2, 0) is 4.74 Å². The third-order valence-electron chi connectivity index (χ3n) is 8.44. The Morgan fingerprint density at radius 2 is 1.58 bits per heavy atom. The van der Waals surface area contributed by atoms with Gasteiger partial charge in [0, 0.05) is 12.7 Å².